The molecule has 0 saturated carbocycles. The van der Waals surface area contributed by atoms with E-state index in [-0.39, 0.29) is 39.6 Å². The quantitative estimate of drug-likeness (QED) is 0.0163. The molecular weight excluding hydrogens is 1700 g/mol. The van der Waals surface area contributed by atoms with Crippen molar-refractivity contribution in [1.82, 2.24) is 17.9 Å². The van der Waals surface area contributed by atoms with Gasteiger partial charge >= 0.3 is 5.82 Å². The summed E-state index contributed by atoms with van der Waals surface area (Å²) in [6.45, 7) is 40.5. The van der Waals surface area contributed by atoms with Crippen molar-refractivity contribution in [2.45, 2.75) is 433 Å². The largest absolute Gasteiger partial charge is 0.528 e. The number of hydrogen-bond donors (Lipinski definition) is 0. The van der Waals surface area contributed by atoms with Gasteiger partial charge in [-0.25, -0.2) is 18.9 Å². The highest BCUT2D eigenvalue weighted by molar-refractivity contribution is 7.34. The fourth-order valence-corrected chi connectivity index (χ4v) is 27.7. The minimum absolute atomic E-state index is 0.0348. The molecule has 2 atom stereocenters. The Morgan fingerprint density at radius 1 is 0.385 bits per heavy atom. The second-order valence-electron chi connectivity index (χ2n) is 38.4. The molecule has 7 aromatic heterocycles. The van der Waals surface area contributed by atoms with E-state index in [0.717, 1.165) is 152 Å². The molecule has 3 aromatic carbocycles. The maximum absolute atomic E-state index is 15.6. The van der Waals surface area contributed by atoms with Gasteiger partial charge in [0.25, 0.3) is 5.70 Å². The van der Waals surface area contributed by atoms with E-state index in [0.29, 0.717) is 34.1 Å². The number of ketones is 2. The lowest BCUT2D eigenvalue weighted by Gasteiger charge is -2.22. The molecule has 10 nitrogen and oxygen atoms in total. The highest BCUT2D eigenvalue weighted by Crippen LogP contribution is 2.57. The molecule has 0 fully saturated rings. The second kappa shape index (κ2) is 54.2. The Morgan fingerprint density at radius 3 is 1.04 bits per heavy atom. The van der Waals surface area contributed by atoms with Crippen LogP contribution in [0.5, 0.6) is 0 Å². The number of nitrogens with zero attached hydrogens (tertiary/aromatic N) is 8. The lowest BCUT2D eigenvalue weighted by molar-refractivity contribution is 0.103. The highest BCUT2D eigenvalue weighted by Gasteiger charge is 2.40. The van der Waals surface area contributed by atoms with Crippen molar-refractivity contribution in [3.8, 4) is 6.07 Å². The molecule has 12 rings (SSSR count). The lowest BCUT2D eigenvalue weighted by Crippen LogP contribution is -2.14. The standard InChI is InChI=1S/C113H150F2N8O2S5/c1-10-16-22-28-34-40-44-48-54-60-68-81(66-58-52-46-39-33-27-21-15-6)79-123-102-98(110-104(123)112-108(129-110)85(72-62-56-50-43-37-31-25-19-13-4)94(127-112)76-89-96(113(118-8)119-9)86-73-90(114)91(115)74-87(86)106(89)125)100-99(120-130-121-100)97-101(102)122(78-80(65-57-51-45-38-32-26-20-14-5)67-59-53-47-41-35-29-23-17-11-2)103-109(97)128-107-84(71-61-55-49-42-36-30-24-18-12-3)93(126-111(103)107)75-88-95(92(77-116)117-7)82-69-63-64-70-83(82)105(88)124/h63-64,69-70,73-76,80-81H,10-62,65-68,71-72,78-79H2,1-6H3/b88-75-,89-76-,95-92-. The Morgan fingerprint density at radius 2 is 0.700 bits per heavy atom. The van der Waals surface area contributed by atoms with E-state index in [4.69, 9.17) is 28.5 Å². The molecular formula is C113H150F2N8O2S5. The summed E-state index contributed by atoms with van der Waals surface area (Å²) in [5.41, 5.74) is 11.3. The van der Waals surface area contributed by atoms with E-state index < -0.39 is 17.4 Å². The Kier molecular flexibility index (Phi) is 42.3. The number of Topliss-reactive ketones (excluding diaryl/α,β-unsaturated/α-hetero) is 2. The van der Waals surface area contributed by atoms with E-state index in [9.17, 15) is 5.26 Å². The molecule has 10 aromatic rings. The monoisotopic (exact) mass is 1850 g/mol. The van der Waals surface area contributed by atoms with Gasteiger partial charge in [-0.15, -0.1) is 45.3 Å². The van der Waals surface area contributed by atoms with Crippen molar-refractivity contribution >= 4 is 164 Å². The SMILES string of the molecule is [C-]#[N+]C([N+]#[C-])=C1/C(=C/c2sc3c(sc4c5c6nsnc6c6c7sc8c(CCCCCCCCCCC)c(/C=C9\C(=O)c%10ccccc%10\C9=C(/C#N)[N+]#[C-])sc8c7n(CC(CCCCCCCCCC)CCCCCCCCCCC)c6c5n(CC(CCCCCCCCCC)CCCCCCCCCCCC)c34)c2CCCCCCCCCCC)C(=O)c2cc(F)c(F)cc21. The van der Waals surface area contributed by atoms with Gasteiger partial charge in [0, 0.05) is 61.5 Å². The van der Waals surface area contributed by atoms with E-state index in [1.165, 1.54) is 357 Å². The van der Waals surface area contributed by atoms with E-state index in [2.05, 4.69) is 77.4 Å². The number of nitriles is 1. The van der Waals surface area contributed by atoms with Gasteiger partial charge in [-0.1, -0.05) is 393 Å². The number of unbranched alkanes of at least 4 members (excludes halogenated alkanes) is 47. The van der Waals surface area contributed by atoms with Gasteiger partial charge in [-0.3, -0.25) is 9.59 Å². The van der Waals surface area contributed by atoms with Crippen LogP contribution in [0.15, 0.2) is 59.1 Å². The Hall–Kier alpha value is -7.48. The smallest absolute Gasteiger partial charge is 0.337 e. The van der Waals surface area contributed by atoms with Gasteiger partial charge in [-0.2, -0.15) is 18.4 Å². The molecule has 0 N–H and O–H groups in total. The number of benzene rings is 3. The van der Waals surface area contributed by atoms with Gasteiger partial charge in [0.15, 0.2) is 23.2 Å². The summed E-state index contributed by atoms with van der Waals surface area (Å²) >= 11 is 8.61. The number of rotatable bonds is 65. The Bertz CT molecular complexity index is 5640. The van der Waals surface area contributed by atoms with Crippen LogP contribution in [0, 0.1) is 54.5 Å². The number of hydrogen-bond acceptors (Lipinski definition) is 10. The number of halogens is 2. The molecule has 17 heteroatoms. The summed E-state index contributed by atoms with van der Waals surface area (Å²) in [4.78, 5) is 43.6. The van der Waals surface area contributed by atoms with E-state index >= 15 is 18.4 Å². The fraction of sp³-hybridized carbons (Fsp3) is 0.611. The molecule has 0 aliphatic heterocycles. The fourth-order valence-electron chi connectivity index (χ4n) is 21.2. The molecule has 0 radical (unpaired) electrons. The zero-order chi connectivity index (χ0) is 91.4. The summed E-state index contributed by atoms with van der Waals surface area (Å²) in [5, 5.41) is 13.1. The normalized spacial score (nSPS) is 14.4. The maximum atomic E-state index is 15.6. The van der Waals surface area contributed by atoms with Crippen LogP contribution in [-0.4, -0.2) is 29.4 Å². The van der Waals surface area contributed by atoms with Crippen LogP contribution < -0.4 is 0 Å². The Balaban J connectivity index is 1.13. The average molecular weight is 1850 g/mol. The van der Waals surface area contributed by atoms with Crippen LogP contribution in [0.3, 0.4) is 0 Å². The van der Waals surface area contributed by atoms with Crippen molar-refractivity contribution in [3.63, 3.8) is 0 Å². The zero-order valence-electron chi connectivity index (χ0n) is 80.1. The first-order valence-corrected chi connectivity index (χ1v) is 56.1. The van der Waals surface area contributed by atoms with E-state index in [1.807, 2.05) is 53.0 Å². The molecule has 7 heterocycles. The molecule has 0 spiro atoms. The van der Waals surface area contributed by atoms with Crippen molar-refractivity contribution in [2.24, 2.45) is 11.8 Å². The molecule has 698 valence electrons. The summed E-state index contributed by atoms with van der Waals surface area (Å²) < 4.78 is 55.3. The highest BCUT2D eigenvalue weighted by atomic mass is 32.1. The number of aryl methyl sites for hydroxylation is 2. The maximum Gasteiger partial charge on any atom is 0.528 e. The Labute approximate surface area is 798 Å². The van der Waals surface area contributed by atoms with Crippen molar-refractivity contribution in [1.29, 1.82) is 5.26 Å². The molecule has 2 aliphatic rings. The van der Waals surface area contributed by atoms with Crippen LogP contribution >= 0.6 is 57.1 Å². The van der Waals surface area contributed by atoms with Gasteiger partial charge in [0.05, 0.1) is 80.2 Å². The first-order chi connectivity index (χ1) is 63.9. The predicted octanol–water partition coefficient (Wildman–Crippen LogP) is 38.6. The topological polar surface area (TPSA) is 107 Å². The lowest BCUT2D eigenvalue weighted by atomic mass is 9.93. The predicted molar refractivity (Wildman–Crippen MR) is 558 cm³/mol. The van der Waals surface area contributed by atoms with Crippen LogP contribution in [0.1, 0.15) is 460 Å². The first kappa shape index (κ1) is 101. The van der Waals surface area contributed by atoms with Gasteiger partial charge in [0.1, 0.15) is 24.2 Å². The summed E-state index contributed by atoms with van der Waals surface area (Å²) in [5.74, 6) is -2.57. The number of thiophene rings is 4. The third-order valence-corrected chi connectivity index (χ3v) is 34.2. The summed E-state index contributed by atoms with van der Waals surface area (Å²) in [6.07, 6.45) is 75.5. The average Bonchev–Trinajstić information content (AvgIpc) is 1.50. The molecule has 0 saturated heterocycles. The number of fused-ring (bicyclic) bond motifs is 16. The molecule has 0 bridgehead atoms. The third-order valence-electron chi connectivity index (χ3n) is 28.5. The summed E-state index contributed by atoms with van der Waals surface area (Å²) in [6, 6.07) is 11.7. The first-order valence-electron chi connectivity index (χ1n) is 52.1. The van der Waals surface area contributed by atoms with Gasteiger partial charge < -0.3 is 9.13 Å². The van der Waals surface area contributed by atoms with Crippen LogP contribution in [0.2, 0.25) is 0 Å². The third kappa shape index (κ3) is 25.8. The van der Waals surface area contributed by atoms with Gasteiger partial charge in [-0.05, 0) is 110 Å². The van der Waals surface area contributed by atoms with E-state index in [1.54, 1.807) is 22.7 Å². The van der Waals surface area contributed by atoms with Crippen molar-refractivity contribution < 1.29 is 18.4 Å². The van der Waals surface area contributed by atoms with Crippen LogP contribution in [-0.2, 0) is 25.9 Å². The molecule has 130 heavy (non-hydrogen) atoms. The summed E-state index contributed by atoms with van der Waals surface area (Å²) in [7, 11) is 0. The van der Waals surface area contributed by atoms with Crippen molar-refractivity contribution in [2.75, 3.05) is 0 Å². The number of carbonyl (C=O) groups is 2. The zero-order valence-corrected chi connectivity index (χ0v) is 84.2. The van der Waals surface area contributed by atoms with Gasteiger partial charge in [0.2, 0.25) is 0 Å². The van der Waals surface area contributed by atoms with Crippen LogP contribution in [0.4, 0.5) is 8.78 Å². The van der Waals surface area contributed by atoms with Crippen molar-refractivity contribution in [3.05, 3.63) is 148 Å². The second-order valence-corrected chi connectivity index (χ2v) is 43.1. The molecule has 2 unspecified atom stereocenters. The van der Waals surface area contributed by atoms with Crippen LogP contribution in [0.25, 0.3) is 110 Å². The minimum Gasteiger partial charge on any atom is -0.337 e. The minimum atomic E-state index is -1.14. The number of aromatic nitrogens is 4. The molecule has 2 aliphatic carbocycles. The number of carbonyl (C=O) groups excluding carboxylic acids is 2. The molecule has 0 amide bonds. The number of allylic oxidation sites excluding steroid dienone is 5.